The summed E-state index contributed by atoms with van der Waals surface area (Å²) in [5, 5.41) is 14.5. The smallest absolute Gasteiger partial charge is 0.229 e. The zero-order chi connectivity index (χ0) is 16.5. The second-order valence-electron chi connectivity index (χ2n) is 6.93. The van der Waals surface area contributed by atoms with Gasteiger partial charge in [0.15, 0.2) is 5.82 Å². The van der Waals surface area contributed by atoms with Gasteiger partial charge in [-0.05, 0) is 49.9 Å². The first-order valence-electron chi connectivity index (χ1n) is 8.68. The van der Waals surface area contributed by atoms with Crippen LogP contribution < -0.4 is 0 Å². The second kappa shape index (κ2) is 6.61. The van der Waals surface area contributed by atoms with E-state index in [1.54, 1.807) is 12.1 Å². The Balaban J connectivity index is 1.38. The molecule has 2 heterocycles. The molecule has 1 aliphatic carbocycles. The topological polar surface area (TPSA) is 62.4 Å². The van der Waals surface area contributed by atoms with Crippen molar-refractivity contribution in [3.05, 3.63) is 47.4 Å². The lowest BCUT2D eigenvalue weighted by Gasteiger charge is -2.32. The van der Waals surface area contributed by atoms with Gasteiger partial charge in [0, 0.05) is 24.9 Å². The second-order valence-corrected chi connectivity index (χ2v) is 6.93. The Kier molecular flexibility index (Phi) is 4.33. The zero-order valence-corrected chi connectivity index (χ0v) is 13.6. The van der Waals surface area contributed by atoms with Crippen molar-refractivity contribution < 1.29 is 14.0 Å². The summed E-state index contributed by atoms with van der Waals surface area (Å²) in [6.07, 6.45) is 3.69. The summed E-state index contributed by atoms with van der Waals surface area (Å²) >= 11 is 0. The van der Waals surface area contributed by atoms with E-state index < -0.39 is 6.10 Å². The Morgan fingerprint density at radius 2 is 2.17 bits per heavy atom. The summed E-state index contributed by atoms with van der Waals surface area (Å²) in [6.45, 7) is 2.22. The van der Waals surface area contributed by atoms with E-state index in [9.17, 15) is 9.50 Å². The van der Waals surface area contributed by atoms with Crippen LogP contribution in [-0.2, 0) is 0 Å². The van der Waals surface area contributed by atoms with Gasteiger partial charge in [0.05, 0.1) is 6.10 Å². The number of benzene rings is 1. The molecule has 24 heavy (non-hydrogen) atoms. The molecule has 1 N–H and O–H groups in total. The average Bonchev–Trinajstić information content (AvgIpc) is 3.32. The van der Waals surface area contributed by atoms with Crippen LogP contribution in [0.4, 0.5) is 4.39 Å². The summed E-state index contributed by atoms with van der Waals surface area (Å²) in [4.78, 5) is 6.77. The number of aliphatic hydroxyl groups is 1. The van der Waals surface area contributed by atoms with Crippen LogP contribution in [0.2, 0.25) is 0 Å². The van der Waals surface area contributed by atoms with Crippen molar-refractivity contribution in [1.29, 1.82) is 0 Å². The SMILES string of the molecule is OC(CN1CCCC(c2noc(C3CC3)n2)C1)c1cccc(F)c1. The van der Waals surface area contributed by atoms with Crippen LogP contribution in [0.1, 0.15) is 60.9 Å². The predicted octanol–water partition coefficient (Wildman–Crippen LogP) is 3.00. The molecular weight excluding hydrogens is 309 g/mol. The van der Waals surface area contributed by atoms with E-state index in [0.29, 0.717) is 18.0 Å². The fraction of sp³-hybridized carbons (Fsp3) is 0.556. The molecule has 2 unspecified atom stereocenters. The quantitative estimate of drug-likeness (QED) is 0.912. The van der Waals surface area contributed by atoms with Crippen molar-refractivity contribution in [2.45, 2.75) is 43.6 Å². The van der Waals surface area contributed by atoms with E-state index >= 15 is 0 Å². The van der Waals surface area contributed by atoms with Gasteiger partial charge in [-0.2, -0.15) is 4.98 Å². The van der Waals surface area contributed by atoms with E-state index in [2.05, 4.69) is 15.0 Å². The molecule has 5 nitrogen and oxygen atoms in total. The van der Waals surface area contributed by atoms with Crippen molar-refractivity contribution in [3.63, 3.8) is 0 Å². The minimum Gasteiger partial charge on any atom is -0.387 e. The molecule has 1 saturated heterocycles. The molecule has 0 bridgehead atoms. The van der Waals surface area contributed by atoms with Gasteiger partial charge in [0.1, 0.15) is 5.82 Å². The summed E-state index contributed by atoms with van der Waals surface area (Å²) in [5.41, 5.74) is 0.618. The summed E-state index contributed by atoms with van der Waals surface area (Å²) in [7, 11) is 0. The standard InChI is InChI=1S/C18H22FN3O2/c19-15-5-1-3-13(9-15)16(23)11-22-8-2-4-14(10-22)17-20-18(24-21-17)12-6-7-12/h1,3,5,9,12,14,16,23H,2,4,6-8,10-11H2. The van der Waals surface area contributed by atoms with Crippen LogP contribution in [0.15, 0.2) is 28.8 Å². The molecule has 2 aliphatic rings. The van der Waals surface area contributed by atoms with Gasteiger partial charge < -0.3 is 9.63 Å². The highest BCUT2D eigenvalue weighted by atomic mass is 19.1. The lowest BCUT2D eigenvalue weighted by Crippen LogP contribution is -2.37. The van der Waals surface area contributed by atoms with E-state index in [1.165, 1.54) is 12.1 Å². The van der Waals surface area contributed by atoms with Crippen molar-refractivity contribution in [2.75, 3.05) is 19.6 Å². The predicted molar refractivity (Wildman–Crippen MR) is 86.0 cm³/mol. The monoisotopic (exact) mass is 331 g/mol. The first-order valence-corrected chi connectivity index (χ1v) is 8.68. The first-order chi connectivity index (χ1) is 11.7. The molecule has 1 aromatic carbocycles. The third kappa shape index (κ3) is 3.49. The Bertz CT molecular complexity index is 701. The highest BCUT2D eigenvalue weighted by Crippen LogP contribution is 2.39. The minimum absolute atomic E-state index is 0.245. The van der Waals surface area contributed by atoms with Gasteiger partial charge in [-0.25, -0.2) is 4.39 Å². The van der Waals surface area contributed by atoms with Crippen molar-refractivity contribution in [3.8, 4) is 0 Å². The molecule has 1 aromatic heterocycles. The molecule has 2 aromatic rings. The number of rotatable bonds is 5. The number of nitrogens with zero attached hydrogens (tertiary/aromatic N) is 3. The third-order valence-corrected chi connectivity index (χ3v) is 4.92. The van der Waals surface area contributed by atoms with Crippen LogP contribution >= 0.6 is 0 Å². The van der Waals surface area contributed by atoms with E-state index in [0.717, 1.165) is 50.5 Å². The van der Waals surface area contributed by atoms with Crippen LogP contribution in [0.3, 0.4) is 0 Å². The molecule has 6 heteroatoms. The van der Waals surface area contributed by atoms with Crippen LogP contribution in [0.25, 0.3) is 0 Å². The lowest BCUT2D eigenvalue weighted by molar-refractivity contribution is 0.0940. The Hall–Kier alpha value is -1.79. The molecule has 0 radical (unpaired) electrons. The van der Waals surface area contributed by atoms with Crippen LogP contribution in [0, 0.1) is 5.82 Å². The average molecular weight is 331 g/mol. The lowest BCUT2D eigenvalue weighted by atomic mass is 9.96. The summed E-state index contributed by atoms with van der Waals surface area (Å²) in [5.74, 6) is 1.97. The van der Waals surface area contributed by atoms with Crippen LogP contribution in [-0.4, -0.2) is 39.8 Å². The fourth-order valence-electron chi connectivity index (χ4n) is 3.41. The highest BCUT2D eigenvalue weighted by molar-refractivity contribution is 5.19. The molecule has 2 fully saturated rings. The zero-order valence-electron chi connectivity index (χ0n) is 13.6. The van der Waals surface area contributed by atoms with Gasteiger partial charge >= 0.3 is 0 Å². The summed E-state index contributed by atoms with van der Waals surface area (Å²) in [6, 6.07) is 6.18. The molecule has 0 amide bonds. The van der Waals surface area contributed by atoms with Gasteiger partial charge in [0.25, 0.3) is 0 Å². The maximum Gasteiger partial charge on any atom is 0.229 e. The maximum absolute atomic E-state index is 13.3. The molecule has 128 valence electrons. The van der Waals surface area contributed by atoms with E-state index in [-0.39, 0.29) is 11.7 Å². The number of halogens is 1. The van der Waals surface area contributed by atoms with Crippen LogP contribution in [0.5, 0.6) is 0 Å². The molecule has 1 aliphatic heterocycles. The number of aliphatic hydroxyl groups excluding tert-OH is 1. The summed E-state index contributed by atoms with van der Waals surface area (Å²) < 4.78 is 18.7. The van der Waals surface area contributed by atoms with Gasteiger partial charge in [0.2, 0.25) is 5.89 Å². The molecular formula is C18H22FN3O2. The maximum atomic E-state index is 13.3. The van der Waals surface area contributed by atoms with E-state index in [1.807, 2.05) is 0 Å². The van der Waals surface area contributed by atoms with Gasteiger partial charge in [-0.1, -0.05) is 17.3 Å². The van der Waals surface area contributed by atoms with Crippen molar-refractivity contribution in [1.82, 2.24) is 15.0 Å². The fourth-order valence-corrected chi connectivity index (χ4v) is 3.41. The Labute approximate surface area is 140 Å². The number of hydrogen-bond acceptors (Lipinski definition) is 5. The number of aromatic nitrogens is 2. The van der Waals surface area contributed by atoms with E-state index in [4.69, 9.17) is 4.52 Å². The molecule has 2 atom stereocenters. The first kappa shape index (κ1) is 15.7. The number of piperidine rings is 1. The van der Waals surface area contributed by atoms with Crippen molar-refractivity contribution in [2.24, 2.45) is 0 Å². The number of β-amino-alcohol motifs (C(OH)–C–C–N with tert-alkyl or cyclic N) is 1. The largest absolute Gasteiger partial charge is 0.387 e. The molecule has 0 spiro atoms. The minimum atomic E-state index is -0.688. The molecule has 4 rings (SSSR count). The Morgan fingerprint density at radius 3 is 2.96 bits per heavy atom. The number of hydrogen-bond donors (Lipinski definition) is 1. The normalized spacial score (nSPS) is 23.3. The van der Waals surface area contributed by atoms with Gasteiger partial charge in [-0.3, -0.25) is 4.90 Å². The number of likely N-dealkylation sites (tertiary alicyclic amines) is 1. The van der Waals surface area contributed by atoms with Crippen molar-refractivity contribution >= 4 is 0 Å². The Morgan fingerprint density at radius 1 is 1.29 bits per heavy atom. The molecule has 1 saturated carbocycles. The van der Waals surface area contributed by atoms with Gasteiger partial charge in [-0.15, -0.1) is 0 Å². The highest BCUT2D eigenvalue weighted by Gasteiger charge is 2.32. The third-order valence-electron chi connectivity index (χ3n) is 4.92.